The summed E-state index contributed by atoms with van der Waals surface area (Å²) in [7, 11) is 1.32. The number of hydrogen-bond donors (Lipinski definition) is 0. The van der Waals surface area contributed by atoms with Gasteiger partial charge >= 0.3 is 0 Å². The summed E-state index contributed by atoms with van der Waals surface area (Å²) in [5, 5.41) is 3.29. The molecule has 0 amide bonds. The average Bonchev–Trinajstić information content (AvgIpc) is 2.07. The Morgan fingerprint density at radius 2 is 2.33 bits per heavy atom. The number of benzene rings is 1. The van der Waals surface area contributed by atoms with E-state index in [1.165, 1.54) is 7.11 Å². The maximum atomic E-state index is 12.7. The number of halogens is 2. The molecule has 1 radical (unpaired) electrons. The van der Waals surface area contributed by atoms with Crippen molar-refractivity contribution in [3.05, 3.63) is 35.4 Å². The lowest BCUT2D eigenvalue weighted by Gasteiger charge is -1.94. The molecule has 0 N–H and O–H groups in total. The van der Waals surface area contributed by atoms with Crippen LogP contribution in [0, 0.1) is 17.7 Å². The molecule has 1 rings (SSSR count). The summed E-state index contributed by atoms with van der Waals surface area (Å²) in [6, 6.07) is 4.01. The van der Waals surface area contributed by atoms with E-state index < -0.39 is 11.6 Å². The van der Waals surface area contributed by atoms with Crippen molar-refractivity contribution < 1.29 is 13.6 Å². The molecule has 0 atom stereocenters. The first kappa shape index (κ1) is 8.64. The first-order valence-corrected chi connectivity index (χ1v) is 3.17. The predicted octanol–water partition coefficient (Wildman–Crippen LogP) is 1.75. The molecule has 63 valence electrons. The van der Waals surface area contributed by atoms with Crippen molar-refractivity contribution >= 4 is 6.21 Å². The molecule has 0 heterocycles. The third-order valence-corrected chi connectivity index (χ3v) is 1.18. The SMILES string of the molecule is CON=Cc1cc(F)c[c]c1F. The van der Waals surface area contributed by atoms with Gasteiger partial charge in [-0.3, -0.25) is 0 Å². The molecule has 0 aliphatic carbocycles. The van der Waals surface area contributed by atoms with Gasteiger partial charge in [0.05, 0.1) is 6.21 Å². The molecule has 1 aromatic rings. The first-order valence-electron chi connectivity index (χ1n) is 3.17. The Morgan fingerprint density at radius 3 is 3.00 bits per heavy atom. The highest BCUT2D eigenvalue weighted by Crippen LogP contribution is 2.06. The monoisotopic (exact) mass is 170 g/mol. The van der Waals surface area contributed by atoms with Crippen LogP contribution in [0.4, 0.5) is 8.78 Å². The van der Waals surface area contributed by atoms with Crippen LogP contribution in [-0.2, 0) is 4.84 Å². The first-order chi connectivity index (χ1) is 5.74. The molecule has 12 heavy (non-hydrogen) atoms. The zero-order chi connectivity index (χ0) is 8.97. The Balaban J connectivity index is 2.97. The second-order valence-corrected chi connectivity index (χ2v) is 2.00. The van der Waals surface area contributed by atoms with Gasteiger partial charge in [0.2, 0.25) is 0 Å². The van der Waals surface area contributed by atoms with Crippen LogP contribution in [0.3, 0.4) is 0 Å². The van der Waals surface area contributed by atoms with E-state index in [4.69, 9.17) is 0 Å². The maximum absolute atomic E-state index is 12.7. The zero-order valence-electron chi connectivity index (χ0n) is 6.34. The molecule has 0 spiro atoms. The highest BCUT2D eigenvalue weighted by atomic mass is 19.1. The van der Waals surface area contributed by atoms with Gasteiger partial charge in [-0.15, -0.1) is 0 Å². The van der Waals surface area contributed by atoms with Gasteiger partial charge in [0.15, 0.2) is 0 Å². The minimum absolute atomic E-state index is 0.0110. The fraction of sp³-hybridized carbons (Fsp3) is 0.125. The Hall–Kier alpha value is -1.45. The van der Waals surface area contributed by atoms with E-state index in [0.717, 1.165) is 18.3 Å². The average molecular weight is 170 g/mol. The summed E-state index contributed by atoms with van der Waals surface area (Å²) in [6.45, 7) is 0. The van der Waals surface area contributed by atoms with E-state index >= 15 is 0 Å². The topological polar surface area (TPSA) is 21.6 Å². The van der Waals surface area contributed by atoms with Crippen LogP contribution in [0.2, 0.25) is 0 Å². The molecular weight excluding hydrogens is 164 g/mol. The van der Waals surface area contributed by atoms with Gasteiger partial charge in [0.25, 0.3) is 0 Å². The van der Waals surface area contributed by atoms with Crippen molar-refractivity contribution in [3.63, 3.8) is 0 Å². The van der Waals surface area contributed by atoms with E-state index in [0.29, 0.717) is 0 Å². The van der Waals surface area contributed by atoms with Gasteiger partial charge < -0.3 is 4.84 Å². The fourth-order valence-corrected chi connectivity index (χ4v) is 0.673. The summed E-state index contributed by atoms with van der Waals surface area (Å²) >= 11 is 0. The van der Waals surface area contributed by atoms with E-state index in [9.17, 15) is 8.78 Å². The van der Waals surface area contributed by atoms with Crippen LogP contribution in [0.1, 0.15) is 5.56 Å². The lowest BCUT2D eigenvalue weighted by Crippen LogP contribution is -1.90. The highest BCUT2D eigenvalue weighted by molar-refractivity contribution is 5.79. The van der Waals surface area contributed by atoms with E-state index in [-0.39, 0.29) is 5.56 Å². The van der Waals surface area contributed by atoms with Gasteiger partial charge in [0, 0.05) is 11.6 Å². The Labute approximate surface area is 68.5 Å². The molecule has 4 heteroatoms. The van der Waals surface area contributed by atoms with E-state index in [2.05, 4.69) is 16.1 Å². The van der Waals surface area contributed by atoms with Crippen molar-refractivity contribution in [2.75, 3.05) is 7.11 Å². The minimum atomic E-state index is -0.655. The van der Waals surface area contributed by atoms with Gasteiger partial charge in [-0.05, 0) is 12.1 Å². The van der Waals surface area contributed by atoms with Crippen LogP contribution in [0.5, 0.6) is 0 Å². The zero-order valence-corrected chi connectivity index (χ0v) is 6.34. The molecule has 0 aromatic heterocycles. The second-order valence-electron chi connectivity index (χ2n) is 2.00. The predicted molar refractivity (Wildman–Crippen MR) is 39.8 cm³/mol. The smallest absolute Gasteiger partial charge is 0.140 e. The van der Waals surface area contributed by atoms with Crippen molar-refractivity contribution in [1.29, 1.82) is 0 Å². The molecule has 0 aliphatic heterocycles. The van der Waals surface area contributed by atoms with E-state index in [1.807, 2.05) is 0 Å². The number of rotatable bonds is 2. The molecule has 0 aliphatic rings. The van der Waals surface area contributed by atoms with Gasteiger partial charge in [-0.2, -0.15) is 0 Å². The normalized spacial score (nSPS) is 10.6. The molecule has 0 bridgehead atoms. The fourth-order valence-electron chi connectivity index (χ4n) is 0.673. The van der Waals surface area contributed by atoms with Gasteiger partial charge in [-0.1, -0.05) is 5.16 Å². The minimum Gasteiger partial charge on any atom is -0.399 e. The van der Waals surface area contributed by atoms with Crippen LogP contribution in [-0.4, -0.2) is 13.3 Å². The van der Waals surface area contributed by atoms with Crippen LogP contribution in [0.15, 0.2) is 17.3 Å². The second kappa shape index (κ2) is 3.80. The van der Waals surface area contributed by atoms with Crippen molar-refractivity contribution in [2.45, 2.75) is 0 Å². The van der Waals surface area contributed by atoms with Gasteiger partial charge in [0.1, 0.15) is 18.7 Å². The Bertz CT molecular complexity index is 299. The third-order valence-electron chi connectivity index (χ3n) is 1.18. The summed E-state index contributed by atoms with van der Waals surface area (Å²) < 4.78 is 25.2. The molecule has 2 nitrogen and oxygen atoms in total. The van der Waals surface area contributed by atoms with Crippen molar-refractivity contribution in [3.8, 4) is 0 Å². The summed E-state index contributed by atoms with van der Waals surface area (Å²) in [6.07, 6.45) is 1.08. The largest absolute Gasteiger partial charge is 0.399 e. The quantitative estimate of drug-likeness (QED) is 0.489. The Morgan fingerprint density at radius 1 is 1.58 bits per heavy atom. The number of nitrogens with zero attached hydrogens (tertiary/aromatic N) is 1. The molecule has 0 saturated heterocycles. The summed E-state index contributed by atoms with van der Waals surface area (Å²) in [4.78, 5) is 4.31. The molecule has 1 aromatic carbocycles. The van der Waals surface area contributed by atoms with E-state index in [1.54, 1.807) is 0 Å². The summed E-state index contributed by atoms with van der Waals surface area (Å²) in [5.74, 6) is -1.22. The summed E-state index contributed by atoms with van der Waals surface area (Å²) in [5.41, 5.74) is 0.0110. The Kier molecular flexibility index (Phi) is 2.74. The van der Waals surface area contributed by atoms with Crippen molar-refractivity contribution in [2.24, 2.45) is 5.16 Å². The van der Waals surface area contributed by atoms with Gasteiger partial charge in [-0.25, -0.2) is 8.78 Å². The third kappa shape index (κ3) is 2.02. The van der Waals surface area contributed by atoms with Crippen molar-refractivity contribution in [1.82, 2.24) is 0 Å². The lowest BCUT2D eigenvalue weighted by atomic mass is 10.2. The number of hydrogen-bond acceptors (Lipinski definition) is 2. The molecule has 0 unspecified atom stereocenters. The molecule has 0 saturated carbocycles. The van der Waals surface area contributed by atoms with Crippen LogP contribution < -0.4 is 0 Å². The standard InChI is InChI=1S/C8H6F2NO/c1-12-11-5-6-4-7(9)2-3-8(6)10/h2,4-5H,1H3. The lowest BCUT2D eigenvalue weighted by molar-refractivity contribution is 0.215. The van der Waals surface area contributed by atoms with Crippen LogP contribution in [0.25, 0.3) is 0 Å². The maximum Gasteiger partial charge on any atom is 0.140 e. The molecular formula is C8H6F2NO. The molecule has 0 fully saturated rings. The number of oxime groups is 1. The van der Waals surface area contributed by atoms with Crippen LogP contribution >= 0.6 is 0 Å². The highest BCUT2D eigenvalue weighted by Gasteiger charge is 2.00.